The van der Waals surface area contributed by atoms with E-state index in [1.165, 1.54) is 18.2 Å². The van der Waals surface area contributed by atoms with Crippen molar-refractivity contribution in [2.75, 3.05) is 38.5 Å². The minimum Gasteiger partial charge on any atom is -0.385 e. The Morgan fingerprint density at radius 1 is 0.854 bits per heavy atom. The lowest BCUT2D eigenvalue weighted by Crippen LogP contribution is -2.48. The molecule has 0 aliphatic carbocycles. The van der Waals surface area contributed by atoms with Crippen LogP contribution in [0.5, 0.6) is 0 Å². The van der Waals surface area contributed by atoms with Crippen LogP contribution in [0.2, 0.25) is 0 Å². The first kappa shape index (κ1) is 28.1. The van der Waals surface area contributed by atoms with E-state index in [1.807, 2.05) is 6.07 Å². The highest BCUT2D eigenvalue weighted by molar-refractivity contribution is 5.97. The number of amides is 1. The molecule has 1 amide bonds. The predicted molar refractivity (Wildman–Crippen MR) is 161 cm³/mol. The van der Waals surface area contributed by atoms with E-state index in [1.54, 1.807) is 12.1 Å². The van der Waals surface area contributed by atoms with Crippen LogP contribution in [-0.2, 0) is 13.5 Å². The molecule has 0 spiro atoms. The monoisotopic (exact) mass is 552 g/mol. The summed E-state index contributed by atoms with van der Waals surface area (Å²) in [4.78, 5) is 42.0. The molecule has 0 atom stereocenters. The van der Waals surface area contributed by atoms with Gasteiger partial charge in [0.25, 0.3) is 11.5 Å². The summed E-state index contributed by atoms with van der Waals surface area (Å²) in [5.41, 5.74) is 14.5. The van der Waals surface area contributed by atoms with Gasteiger partial charge in [-0.3, -0.25) is 19.1 Å². The first-order valence-electron chi connectivity index (χ1n) is 13.9. The summed E-state index contributed by atoms with van der Waals surface area (Å²) in [5, 5.41) is 0. The molecule has 1 aliphatic heterocycles. The van der Waals surface area contributed by atoms with Gasteiger partial charge in [0.15, 0.2) is 0 Å². The third kappa shape index (κ3) is 6.16. The Balaban J connectivity index is 1.23. The topological polar surface area (TPSA) is 120 Å². The number of hydrogen-bond donors (Lipinski definition) is 2. The second kappa shape index (κ2) is 12.4. The standard InChI is InChI=1S/C32H36N6O3/c1-35-29(39)22-28(33)38(32(35)41)27-15-14-23(21-26(27)31(34)40)9-8-16-36-17-19-37(20-18-36)30(24-10-4-2-5-11-24)25-12-6-3-7-13-25/h2-7,10-15,21-22,30H,8-9,16-20,33H2,1H3,(H2,34,40). The molecule has 5 rings (SSSR count). The number of benzene rings is 3. The Labute approximate surface area is 239 Å². The lowest BCUT2D eigenvalue weighted by atomic mass is 9.96. The lowest BCUT2D eigenvalue weighted by Gasteiger charge is -2.40. The number of nitrogens with zero attached hydrogens (tertiary/aromatic N) is 4. The number of piperazine rings is 1. The SMILES string of the molecule is Cn1c(=O)cc(N)n(-c2ccc(CCCN3CCN(C(c4ccccc4)c4ccccc4)CC3)cc2C(N)=O)c1=O. The van der Waals surface area contributed by atoms with Crippen LogP contribution in [0, 0.1) is 0 Å². The van der Waals surface area contributed by atoms with Gasteiger partial charge in [-0.15, -0.1) is 0 Å². The van der Waals surface area contributed by atoms with Crippen LogP contribution in [0.1, 0.15) is 39.5 Å². The van der Waals surface area contributed by atoms with E-state index in [4.69, 9.17) is 11.5 Å². The third-order valence-electron chi connectivity index (χ3n) is 7.85. The average molecular weight is 553 g/mol. The summed E-state index contributed by atoms with van der Waals surface area (Å²) in [5.74, 6) is -0.709. The smallest absolute Gasteiger partial charge is 0.336 e. The Morgan fingerprint density at radius 2 is 1.46 bits per heavy atom. The molecule has 3 aromatic carbocycles. The number of primary amides is 1. The number of aryl methyl sites for hydroxylation is 1. The van der Waals surface area contributed by atoms with Gasteiger partial charge in [0.05, 0.1) is 17.3 Å². The van der Waals surface area contributed by atoms with Crippen molar-refractivity contribution in [2.45, 2.75) is 18.9 Å². The lowest BCUT2D eigenvalue weighted by molar-refractivity contribution is 0.1000. The van der Waals surface area contributed by atoms with Gasteiger partial charge < -0.3 is 16.4 Å². The second-order valence-electron chi connectivity index (χ2n) is 10.5. The number of nitrogen functional groups attached to an aromatic ring is 1. The quantitative estimate of drug-likeness (QED) is 0.329. The molecular weight excluding hydrogens is 516 g/mol. The number of carbonyl (C=O) groups excluding carboxylic acids is 1. The van der Waals surface area contributed by atoms with E-state index < -0.39 is 17.2 Å². The van der Waals surface area contributed by atoms with Gasteiger partial charge in [0.1, 0.15) is 5.82 Å². The van der Waals surface area contributed by atoms with Crippen LogP contribution in [0.4, 0.5) is 5.82 Å². The van der Waals surface area contributed by atoms with Crippen LogP contribution >= 0.6 is 0 Å². The molecule has 1 aromatic heterocycles. The highest BCUT2D eigenvalue weighted by Gasteiger charge is 2.26. The van der Waals surface area contributed by atoms with Gasteiger partial charge in [-0.1, -0.05) is 66.7 Å². The fraction of sp³-hybridized carbons (Fsp3) is 0.281. The Kier molecular flexibility index (Phi) is 8.47. The van der Waals surface area contributed by atoms with Crippen molar-refractivity contribution >= 4 is 11.7 Å². The number of carbonyl (C=O) groups is 1. The fourth-order valence-electron chi connectivity index (χ4n) is 5.65. The number of nitrogens with two attached hydrogens (primary N) is 2. The van der Waals surface area contributed by atoms with Gasteiger partial charge in [-0.05, 0) is 48.2 Å². The maximum Gasteiger partial charge on any atom is 0.336 e. The van der Waals surface area contributed by atoms with E-state index in [2.05, 4.69) is 70.5 Å². The molecule has 9 heteroatoms. The van der Waals surface area contributed by atoms with E-state index in [9.17, 15) is 14.4 Å². The van der Waals surface area contributed by atoms with Crippen molar-refractivity contribution in [1.29, 1.82) is 0 Å². The normalized spacial score (nSPS) is 14.4. The van der Waals surface area contributed by atoms with Crippen LogP contribution < -0.4 is 22.7 Å². The van der Waals surface area contributed by atoms with Crippen molar-refractivity contribution in [1.82, 2.24) is 18.9 Å². The van der Waals surface area contributed by atoms with Gasteiger partial charge in [-0.25, -0.2) is 9.36 Å². The summed E-state index contributed by atoms with van der Waals surface area (Å²) >= 11 is 0. The van der Waals surface area contributed by atoms with Gasteiger partial charge >= 0.3 is 5.69 Å². The Hall–Kier alpha value is -4.47. The molecular formula is C32H36N6O3. The zero-order valence-electron chi connectivity index (χ0n) is 23.3. The van der Waals surface area contributed by atoms with Crippen molar-refractivity contribution in [3.63, 3.8) is 0 Å². The molecule has 4 aromatic rings. The van der Waals surface area contributed by atoms with E-state index >= 15 is 0 Å². The molecule has 0 bridgehead atoms. The first-order chi connectivity index (χ1) is 19.8. The third-order valence-corrected chi connectivity index (χ3v) is 7.85. The molecule has 1 fully saturated rings. The molecule has 1 saturated heterocycles. The number of anilines is 1. The van der Waals surface area contributed by atoms with E-state index in [0.29, 0.717) is 0 Å². The highest BCUT2D eigenvalue weighted by atomic mass is 16.2. The molecule has 41 heavy (non-hydrogen) atoms. The van der Waals surface area contributed by atoms with Crippen molar-refractivity contribution in [2.24, 2.45) is 12.8 Å². The van der Waals surface area contributed by atoms with Crippen molar-refractivity contribution < 1.29 is 4.79 Å². The molecule has 4 N–H and O–H groups in total. The molecule has 0 saturated carbocycles. The van der Waals surface area contributed by atoms with E-state index in [0.717, 1.165) is 66.3 Å². The predicted octanol–water partition coefficient (Wildman–Crippen LogP) is 2.56. The van der Waals surface area contributed by atoms with Crippen molar-refractivity contribution in [3.05, 3.63) is 128 Å². The molecule has 0 radical (unpaired) electrons. The number of rotatable bonds is 9. The van der Waals surface area contributed by atoms with E-state index in [-0.39, 0.29) is 23.1 Å². The molecule has 212 valence electrons. The van der Waals surface area contributed by atoms with Crippen LogP contribution in [0.25, 0.3) is 5.69 Å². The van der Waals surface area contributed by atoms with Crippen molar-refractivity contribution in [3.8, 4) is 5.69 Å². The maximum absolute atomic E-state index is 12.7. The minimum absolute atomic E-state index is 0.0470. The summed E-state index contributed by atoms with van der Waals surface area (Å²) in [6, 6.07) is 28.0. The van der Waals surface area contributed by atoms with Crippen LogP contribution in [0.15, 0.2) is 94.5 Å². The number of hydrogen-bond acceptors (Lipinski definition) is 6. The average Bonchev–Trinajstić information content (AvgIpc) is 2.98. The molecule has 0 unspecified atom stereocenters. The Bertz CT molecular complexity index is 1580. The Morgan fingerprint density at radius 3 is 2.05 bits per heavy atom. The minimum atomic E-state index is -0.662. The van der Waals surface area contributed by atoms with Gasteiger partial charge in [-0.2, -0.15) is 0 Å². The zero-order valence-corrected chi connectivity index (χ0v) is 23.3. The maximum atomic E-state index is 12.7. The molecule has 9 nitrogen and oxygen atoms in total. The highest BCUT2D eigenvalue weighted by Crippen LogP contribution is 2.29. The zero-order chi connectivity index (χ0) is 28.9. The first-order valence-corrected chi connectivity index (χ1v) is 13.9. The largest absolute Gasteiger partial charge is 0.385 e. The fourth-order valence-corrected chi connectivity index (χ4v) is 5.65. The molecule has 1 aliphatic rings. The van der Waals surface area contributed by atoms with Gasteiger partial charge in [0.2, 0.25) is 0 Å². The summed E-state index contributed by atoms with van der Waals surface area (Å²) in [6.45, 7) is 4.86. The summed E-state index contributed by atoms with van der Waals surface area (Å²) in [6.07, 6.45) is 1.68. The van der Waals surface area contributed by atoms with Crippen LogP contribution in [-0.4, -0.2) is 57.6 Å². The summed E-state index contributed by atoms with van der Waals surface area (Å²) < 4.78 is 2.08. The van der Waals surface area contributed by atoms with Crippen LogP contribution in [0.3, 0.4) is 0 Å². The summed E-state index contributed by atoms with van der Waals surface area (Å²) in [7, 11) is 1.36. The second-order valence-corrected chi connectivity index (χ2v) is 10.5. The van der Waals surface area contributed by atoms with Gasteiger partial charge in [0, 0.05) is 39.3 Å². The number of aromatic nitrogens is 2. The molecule has 2 heterocycles.